The normalized spacial score (nSPS) is 31.7. The van der Waals surface area contributed by atoms with E-state index in [1.807, 2.05) is 0 Å². The Kier molecular flexibility index (Phi) is 5.26. The van der Waals surface area contributed by atoms with Crippen molar-refractivity contribution in [1.29, 1.82) is 0 Å². The average Bonchev–Trinajstić information content (AvgIpc) is 2.63. The van der Waals surface area contributed by atoms with E-state index in [1.54, 1.807) is 12.1 Å². The van der Waals surface area contributed by atoms with Crippen LogP contribution in [0.1, 0.15) is 51.0 Å². The van der Waals surface area contributed by atoms with Gasteiger partial charge in [0, 0.05) is 12.1 Å². The molecule has 5 heteroatoms. The number of benzene rings is 1. The molecule has 4 fully saturated rings. The molecule has 0 saturated heterocycles. The van der Waals surface area contributed by atoms with E-state index in [-0.39, 0.29) is 29.8 Å². The number of rotatable bonds is 6. The molecule has 4 aliphatic carbocycles. The SMILES string of the molecule is C[C@H](NC(=O)COC(=O)/C=C/c1cccc(F)c1)C12CC3CC(CC(C3)C1)C2. The van der Waals surface area contributed by atoms with Gasteiger partial charge in [0.25, 0.3) is 5.91 Å². The minimum absolute atomic E-state index is 0.106. The van der Waals surface area contributed by atoms with Crippen molar-refractivity contribution in [3.63, 3.8) is 0 Å². The molecule has 1 amide bonds. The lowest BCUT2D eigenvalue weighted by Gasteiger charge is -2.59. The summed E-state index contributed by atoms with van der Waals surface area (Å²) in [5, 5.41) is 3.08. The van der Waals surface area contributed by atoms with Gasteiger partial charge in [-0.15, -0.1) is 0 Å². The third-order valence-corrected chi connectivity index (χ3v) is 6.99. The van der Waals surface area contributed by atoms with E-state index in [0.717, 1.165) is 17.8 Å². The van der Waals surface area contributed by atoms with Gasteiger partial charge in [-0.3, -0.25) is 4.79 Å². The van der Waals surface area contributed by atoms with Crippen LogP contribution >= 0.6 is 0 Å². The molecule has 4 saturated carbocycles. The van der Waals surface area contributed by atoms with Crippen molar-refractivity contribution in [2.75, 3.05) is 6.61 Å². The van der Waals surface area contributed by atoms with E-state index in [9.17, 15) is 14.0 Å². The van der Waals surface area contributed by atoms with Crippen molar-refractivity contribution < 1.29 is 18.7 Å². The molecular formula is C23H28FNO3. The smallest absolute Gasteiger partial charge is 0.331 e. The fourth-order valence-corrected chi connectivity index (χ4v) is 6.10. The Balaban J connectivity index is 1.26. The maximum Gasteiger partial charge on any atom is 0.331 e. The van der Waals surface area contributed by atoms with Crippen molar-refractivity contribution in [1.82, 2.24) is 5.32 Å². The van der Waals surface area contributed by atoms with Crippen molar-refractivity contribution in [2.45, 2.75) is 51.5 Å². The second-order valence-electron chi connectivity index (χ2n) is 9.07. The maximum absolute atomic E-state index is 13.1. The first kappa shape index (κ1) is 19.2. The van der Waals surface area contributed by atoms with Crippen molar-refractivity contribution >= 4 is 18.0 Å². The highest BCUT2D eigenvalue weighted by Crippen LogP contribution is 2.61. The fourth-order valence-electron chi connectivity index (χ4n) is 6.10. The van der Waals surface area contributed by atoms with Crippen LogP contribution in [0, 0.1) is 29.0 Å². The summed E-state index contributed by atoms with van der Waals surface area (Å²) in [6, 6.07) is 6.02. The van der Waals surface area contributed by atoms with Gasteiger partial charge in [0.15, 0.2) is 6.61 Å². The molecule has 0 aliphatic heterocycles. The molecule has 0 unspecified atom stereocenters. The Morgan fingerprint density at radius 1 is 1.21 bits per heavy atom. The Morgan fingerprint density at radius 3 is 2.46 bits per heavy atom. The Morgan fingerprint density at radius 2 is 1.86 bits per heavy atom. The highest BCUT2D eigenvalue weighted by molar-refractivity contribution is 5.89. The quantitative estimate of drug-likeness (QED) is 0.592. The molecule has 4 bridgehead atoms. The number of halogens is 1. The summed E-state index contributed by atoms with van der Waals surface area (Å²) in [6.07, 6.45) is 10.5. The highest BCUT2D eigenvalue weighted by Gasteiger charge is 2.53. The second kappa shape index (κ2) is 7.69. The van der Waals surface area contributed by atoms with Crippen LogP contribution in [-0.2, 0) is 14.3 Å². The number of hydrogen-bond donors (Lipinski definition) is 1. The summed E-state index contributed by atoms with van der Waals surface area (Å²) in [4.78, 5) is 24.1. The molecule has 0 heterocycles. The van der Waals surface area contributed by atoms with E-state index in [1.165, 1.54) is 62.8 Å². The molecule has 0 radical (unpaired) electrons. The van der Waals surface area contributed by atoms with E-state index in [0.29, 0.717) is 5.56 Å². The van der Waals surface area contributed by atoms with Crippen LogP contribution in [0.25, 0.3) is 6.08 Å². The maximum atomic E-state index is 13.1. The zero-order valence-electron chi connectivity index (χ0n) is 16.3. The minimum atomic E-state index is -0.609. The van der Waals surface area contributed by atoms with Gasteiger partial charge in [-0.2, -0.15) is 0 Å². The summed E-state index contributed by atoms with van der Waals surface area (Å²) >= 11 is 0. The molecule has 5 rings (SSSR count). The molecule has 0 aromatic heterocycles. The molecule has 1 N–H and O–H groups in total. The first-order valence-corrected chi connectivity index (χ1v) is 10.3. The highest BCUT2D eigenvalue weighted by atomic mass is 19.1. The summed E-state index contributed by atoms with van der Waals surface area (Å²) < 4.78 is 18.2. The van der Waals surface area contributed by atoms with Crippen LogP contribution in [-0.4, -0.2) is 24.5 Å². The number of esters is 1. The first-order chi connectivity index (χ1) is 13.4. The molecular weight excluding hydrogens is 357 g/mol. The number of amides is 1. The topological polar surface area (TPSA) is 55.4 Å². The van der Waals surface area contributed by atoms with Crippen molar-refractivity contribution in [2.24, 2.45) is 23.2 Å². The number of nitrogens with one attached hydrogen (secondary N) is 1. The predicted octanol–water partition coefficient (Wildman–Crippen LogP) is 4.10. The average molecular weight is 385 g/mol. The Hall–Kier alpha value is -2.17. The third-order valence-electron chi connectivity index (χ3n) is 6.99. The molecule has 4 nitrogen and oxygen atoms in total. The number of hydrogen-bond acceptors (Lipinski definition) is 3. The van der Waals surface area contributed by atoms with Gasteiger partial charge < -0.3 is 10.1 Å². The predicted molar refractivity (Wildman–Crippen MR) is 105 cm³/mol. The van der Waals surface area contributed by atoms with Gasteiger partial charge in [0.1, 0.15) is 5.82 Å². The van der Waals surface area contributed by atoms with Crippen LogP contribution in [0.15, 0.2) is 30.3 Å². The van der Waals surface area contributed by atoms with Crippen LogP contribution in [0.2, 0.25) is 0 Å². The molecule has 28 heavy (non-hydrogen) atoms. The standard InChI is InChI=1S/C23H28FNO3/c1-15(23-11-17-7-18(12-23)9-19(8-17)13-23)25-21(26)14-28-22(27)6-5-16-3-2-4-20(24)10-16/h2-6,10,15,17-19H,7-9,11-14H2,1H3,(H,25,26)/b6-5+/t15-,17?,18?,19?,23?/m0/s1. The van der Waals surface area contributed by atoms with Crippen LogP contribution in [0.5, 0.6) is 0 Å². The van der Waals surface area contributed by atoms with Crippen molar-refractivity contribution in [3.05, 3.63) is 41.7 Å². The van der Waals surface area contributed by atoms with Crippen molar-refractivity contribution in [3.8, 4) is 0 Å². The van der Waals surface area contributed by atoms with E-state index in [4.69, 9.17) is 4.74 Å². The molecule has 4 aliphatic rings. The first-order valence-electron chi connectivity index (χ1n) is 10.3. The van der Waals surface area contributed by atoms with E-state index in [2.05, 4.69) is 12.2 Å². The minimum Gasteiger partial charge on any atom is -0.452 e. The lowest BCUT2D eigenvalue weighted by atomic mass is 9.48. The van der Waals surface area contributed by atoms with Gasteiger partial charge in [-0.25, -0.2) is 9.18 Å². The van der Waals surface area contributed by atoms with E-state index < -0.39 is 5.97 Å². The van der Waals surface area contributed by atoms with Crippen LogP contribution < -0.4 is 5.32 Å². The number of ether oxygens (including phenoxy) is 1. The van der Waals surface area contributed by atoms with Gasteiger partial charge >= 0.3 is 5.97 Å². The van der Waals surface area contributed by atoms with Gasteiger partial charge in [0.05, 0.1) is 0 Å². The van der Waals surface area contributed by atoms with Gasteiger partial charge in [-0.1, -0.05) is 12.1 Å². The molecule has 150 valence electrons. The fraction of sp³-hybridized carbons (Fsp3) is 0.565. The summed E-state index contributed by atoms with van der Waals surface area (Å²) in [7, 11) is 0. The van der Waals surface area contributed by atoms with E-state index >= 15 is 0 Å². The number of carbonyl (C=O) groups is 2. The van der Waals surface area contributed by atoms with Crippen LogP contribution in [0.4, 0.5) is 4.39 Å². The summed E-state index contributed by atoms with van der Waals surface area (Å²) in [5.41, 5.74) is 0.794. The van der Waals surface area contributed by atoms with Gasteiger partial charge in [0.2, 0.25) is 0 Å². The lowest BCUT2D eigenvalue weighted by molar-refractivity contribution is -0.145. The number of carbonyl (C=O) groups excluding carboxylic acids is 2. The molecule has 0 spiro atoms. The zero-order chi connectivity index (χ0) is 19.7. The summed E-state index contributed by atoms with van der Waals surface area (Å²) in [6.45, 7) is 1.82. The van der Waals surface area contributed by atoms with Crippen LogP contribution in [0.3, 0.4) is 0 Å². The monoisotopic (exact) mass is 385 g/mol. The van der Waals surface area contributed by atoms with Gasteiger partial charge in [-0.05, 0) is 92.4 Å². The summed E-state index contributed by atoms with van der Waals surface area (Å²) in [5.74, 6) is 1.26. The Bertz CT molecular complexity index is 753. The molecule has 1 aromatic rings. The molecule has 1 atom stereocenters. The Labute approximate surface area is 165 Å². The second-order valence-corrected chi connectivity index (χ2v) is 9.07. The third kappa shape index (κ3) is 4.13. The zero-order valence-corrected chi connectivity index (χ0v) is 16.3. The lowest BCUT2D eigenvalue weighted by Crippen LogP contribution is -2.56. The largest absolute Gasteiger partial charge is 0.452 e. The molecule has 1 aromatic carbocycles.